The molecule has 1 aromatic heterocycles. The third-order valence-corrected chi connectivity index (χ3v) is 5.56. The lowest BCUT2D eigenvalue weighted by atomic mass is 10.1. The second kappa shape index (κ2) is 7.43. The van der Waals surface area contributed by atoms with Gasteiger partial charge in [-0.3, -0.25) is 0 Å². The Morgan fingerprint density at radius 2 is 1.80 bits per heavy atom. The van der Waals surface area contributed by atoms with Crippen molar-refractivity contribution in [2.75, 3.05) is 6.54 Å². The Bertz CT molecular complexity index is 1040. The Labute approximate surface area is 150 Å². The minimum absolute atomic E-state index is 0.130. The summed E-state index contributed by atoms with van der Waals surface area (Å²) in [7, 11) is -3.60. The zero-order chi connectivity index (χ0) is 17.9. The van der Waals surface area contributed by atoms with Gasteiger partial charge in [0.05, 0.1) is 15.9 Å². The van der Waals surface area contributed by atoms with Crippen molar-refractivity contribution in [1.82, 2.24) is 14.7 Å². The monoisotopic (exact) mass is 379 g/mol. The molecule has 1 heterocycles. The Kier molecular flexibility index (Phi) is 5.27. The largest absolute Gasteiger partial charge is 0.323 e. The molecule has 3 rings (SSSR count). The first-order valence-electron chi connectivity index (χ1n) is 7.90. The normalized spacial score (nSPS) is 11.9. The van der Waals surface area contributed by atoms with Crippen LogP contribution in [0.4, 0.5) is 0 Å². The number of aromatic nitrogens is 2. The fourth-order valence-electron chi connectivity index (χ4n) is 2.62. The van der Waals surface area contributed by atoms with Crippen LogP contribution in [0.15, 0.2) is 52.2 Å². The molecule has 3 N–H and O–H groups in total. The van der Waals surface area contributed by atoms with Gasteiger partial charge in [-0.1, -0.05) is 23.7 Å². The number of benzene rings is 2. The molecule has 0 atom stereocenters. The van der Waals surface area contributed by atoms with Crippen molar-refractivity contribution in [1.29, 1.82) is 0 Å². The molecule has 0 amide bonds. The molecule has 0 unspecified atom stereocenters. The van der Waals surface area contributed by atoms with Crippen LogP contribution in [0.2, 0.25) is 5.02 Å². The van der Waals surface area contributed by atoms with E-state index in [-0.39, 0.29) is 10.6 Å². The molecular weight excluding hydrogens is 362 g/mol. The van der Waals surface area contributed by atoms with Gasteiger partial charge in [0.25, 0.3) is 0 Å². The Morgan fingerprint density at radius 1 is 1.00 bits per heavy atom. The molecule has 0 fully saturated rings. The number of nitrogens with one attached hydrogen (secondary N) is 3. The van der Waals surface area contributed by atoms with Crippen molar-refractivity contribution in [3.05, 3.63) is 63.5 Å². The van der Waals surface area contributed by atoms with Gasteiger partial charge in [-0.15, -0.1) is 0 Å². The van der Waals surface area contributed by atoms with Crippen molar-refractivity contribution in [2.45, 2.75) is 24.2 Å². The van der Waals surface area contributed by atoms with E-state index in [1.165, 1.54) is 12.1 Å². The fraction of sp³-hybridized carbons (Fsp3) is 0.235. The van der Waals surface area contributed by atoms with Gasteiger partial charge in [0.1, 0.15) is 0 Å². The number of unbranched alkanes of at least 4 members (excludes halogenated alkanes) is 1. The number of sulfonamides is 1. The Hall–Kier alpha value is -2.09. The summed E-state index contributed by atoms with van der Waals surface area (Å²) in [4.78, 5) is 16.5. The molecule has 0 aliphatic carbocycles. The van der Waals surface area contributed by atoms with Crippen LogP contribution in [0, 0.1) is 0 Å². The van der Waals surface area contributed by atoms with Gasteiger partial charge in [0.15, 0.2) is 0 Å². The minimum atomic E-state index is -3.60. The van der Waals surface area contributed by atoms with Crippen LogP contribution in [0.3, 0.4) is 0 Å². The molecule has 132 valence electrons. The predicted octanol–water partition coefficient (Wildman–Crippen LogP) is 2.81. The van der Waals surface area contributed by atoms with Crippen LogP contribution in [0.1, 0.15) is 18.4 Å². The molecule has 0 spiro atoms. The molecule has 0 aliphatic rings. The number of halogens is 1. The number of aryl methyl sites for hydroxylation is 1. The number of fused-ring (bicyclic) bond motifs is 1. The third kappa shape index (κ3) is 4.50. The first kappa shape index (κ1) is 17.7. The van der Waals surface area contributed by atoms with Gasteiger partial charge < -0.3 is 9.97 Å². The van der Waals surface area contributed by atoms with Gasteiger partial charge in [-0.25, -0.2) is 17.9 Å². The SMILES string of the molecule is O=c1[nH]c2ccc(S(=O)(=O)NCCCCc3cccc(Cl)c3)cc2[nH]1. The van der Waals surface area contributed by atoms with Gasteiger partial charge in [-0.05, 0) is 55.2 Å². The van der Waals surface area contributed by atoms with Gasteiger partial charge >= 0.3 is 5.69 Å². The number of aromatic amines is 2. The summed E-state index contributed by atoms with van der Waals surface area (Å²) in [6.45, 7) is 0.352. The molecule has 25 heavy (non-hydrogen) atoms. The van der Waals surface area contributed by atoms with Crippen LogP contribution in [0.5, 0.6) is 0 Å². The van der Waals surface area contributed by atoms with Crippen molar-refractivity contribution >= 4 is 32.7 Å². The fourth-order valence-corrected chi connectivity index (χ4v) is 3.93. The van der Waals surface area contributed by atoms with E-state index in [1.54, 1.807) is 6.07 Å². The van der Waals surface area contributed by atoms with E-state index < -0.39 is 10.0 Å². The lowest BCUT2D eigenvalue weighted by Crippen LogP contribution is -2.24. The van der Waals surface area contributed by atoms with Gasteiger partial charge in [-0.2, -0.15) is 0 Å². The van der Waals surface area contributed by atoms with E-state index in [4.69, 9.17) is 11.6 Å². The lowest BCUT2D eigenvalue weighted by molar-refractivity contribution is 0.577. The summed E-state index contributed by atoms with van der Waals surface area (Å²) >= 11 is 5.94. The third-order valence-electron chi connectivity index (χ3n) is 3.87. The zero-order valence-corrected chi connectivity index (χ0v) is 15.0. The Balaban J connectivity index is 1.55. The van der Waals surface area contributed by atoms with Crippen LogP contribution in [0.25, 0.3) is 11.0 Å². The van der Waals surface area contributed by atoms with Crippen LogP contribution in [-0.4, -0.2) is 24.9 Å². The summed E-state index contributed by atoms with van der Waals surface area (Å²) in [6.07, 6.45) is 2.42. The van der Waals surface area contributed by atoms with Crippen molar-refractivity contribution in [3.63, 3.8) is 0 Å². The highest BCUT2D eigenvalue weighted by Crippen LogP contribution is 2.15. The smallest absolute Gasteiger partial charge is 0.306 e. The van der Waals surface area contributed by atoms with Gasteiger partial charge in [0.2, 0.25) is 10.0 Å². The molecule has 0 saturated carbocycles. The van der Waals surface area contributed by atoms with E-state index in [9.17, 15) is 13.2 Å². The van der Waals surface area contributed by atoms with E-state index >= 15 is 0 Å². The zero-order valence-electron chi connectivity index (χ0n) is 13.4. The molecule has 0 bridgehead atoms. The second-order valence-electron chi connectivity index (χ2n) is 5.77. The summed E-state index contributed by atoms with van der Waals surface area (Å²) in [5, 5.41) is 0.705. The van der Waals surface area contributed by atoms with Crippen molar-refractivity contribution in [2.24, 2.45) is 0 Å². The maximum absolute atomic E-state index is 12.3. The molecule has 6 nitrogen and oxygen atoms in total. The van der Waals surface area contributed by atoms with E-state index in [1.807, 2.05) is 24.3 Å². The standard InChI is InChI=1S/C17H18ClN3O3S/c18-13-6-3-5-12(10-13)4-1-2-9-19-25(23,24)14-7-8-15-16(11-14)21-17(22)20-15/h3,5-8,10-11,19H,1-2,4,9H2,(H2,20,21,22). The first-order chi connectivity index (χ1) is 11.9. The minimum Gasteiger partial charge on any atom is -0.306 e. The molecule has 0 saturated heterocycles. The summed E-state index contributed by atoms with van der Waals surface area (Å²) < 4.78 is 27.2. The number of H-pyrrole nitrogens is 2. The summed E-state index contributed by atoms with van der Waals surface area (Å²) in [5.74, 6) is 0. The summed E-state index contributed by atoms with van der Waals surface area (Å²) in [5.41, 5.74) is 1.81. The van der Waals surface area contributed by atoms with E-state index in [0.29, 0.717) is 22.6 Å². The molecular formula is C17H18ClN3O3S. The quantitative estimate of drug-likeness (QED) is 0.551. The molecule has 0 radical (unpaired) electrons. The maximum atomic E-state index is 12.3. The number of hydrogen-bond acceptors (Lipinski definition) is 3. The Morgan fingerprint density at radius 3 is 2.60 bits per heavy atom. The highest BCUT2D eigenvalue weighted by molar-refractivity contribution is 7.89. The van der Waals surface area contributed by atoms with Crippen molar-refractivity contribution in [3.8, 4) is 0 Å². The van der Waals surface area contributed by atoms with E-state index in [0.717, 1.165) is 24.8 Å². The van der Waals surface area contributed by atoms with E-state index in [2.05, 4.69) is 14.7 Å². The van der Waals surface area contributed by atoms with Gasteiger partial charge in [0, 0.05) is 11.6 Å². The van der Waals surface area contributed by atoms with Crippen LogP contribution >= 0.6 is 11.6 Å². The average molecular weight is 380 g/mol. The average Bonchev–Trinajstić information content (AvgIpc) is 2.93. The highest BCUT2D eigenvalue weighted by Gasteiger charge is 2.14. The predicted molar refractivity (Wildman–Crippen MR) is 98.5 cm³/mol. The number of hydrogen-bond donors (Lipinski definition) is 3. The molecule has 8 heteroatoms. The molecule has 0 aliphatic heterocycles. The van der Waals surface area contributed by atoms with Crippen LogP contribution < -0.4 is 10.4 Å². The van der Waals surface area contributed by atoms with Crippen molar-refractivity contribution < 1.29 is 8.42 Å². The van der Waals surface area contributed by atoms with Crippen LogP contribution in [-0.2, 0) is 16.4 Å². The number of imidazole rings is 1. The second-order valence-corrected chi connectivity index (χ2v) is 7.97. The first-order valence-corrected chi connectivity index (χ1v) is 9.76. The number of rotatable bonds is 7. The topological polar surface area (TPSA) is 94.8 Å². The lowest BCUT2D eigenvalue weighted by Gasteiger charge is -2.07. The highest BCUT2D eigenvalue weighted by atomic mass is 35.5. The maximum Gasteiger partial charge on any atom is 0.323 e. The molecule has 2 aromatic carbocycles. The summed E-state index contributed by atoms with van der Waals surface area (Å²) in [6, 6.07) is 12.1. The molecule has 3 aromatic rings.